The number of nitrogens with zero attached hydrogens (tertiary/aromatic N) is 3. The smallest absolute Gasteiger partial charge is 0.449 e. The van der Waals surface area contributed by atoms with Crippen LogP contribution in [-0.4, -0.2) is 36.8 Å². The van der Waals surface area contributed by atoms with Gasteiger partial charge in [-0.25, -0.2) is 14.5 Å². The third kappa shape index (κ3) is 3.77. The van der Waals surface area contributed by atoms with E-state index in [1.54, 1.807) is 0 Å². The van der Waals surface area contributed by atoms with Gasteiger partial charge in [-0.3, -0.25) is 0 Å². The lowest BCUT2D eigenvalue weighted by molar-refractivity contribution is -0.139. The van der Waals surface area contributed by atoms with Crippen LogP contribution in [0.25, 0.3) is 17.0 Å². The summed E-state index contributed by atoms with van der Waals surface area (Å²) >= 11 is 1.12. The molecule has 0 aliphatic heterocycles. The number of aromatic nitrogens is 4. The number of rotatable bonds is 5. The van der Waals surface area contributed by atoms with Crippen LogP contribution in [0, 0.1) is 0 Å². The first-order chi connectivity index (χ1) is 12.3. The first kappa shape index (κ1) is 18.1. The lowest BCUT2D eigenvalue weighted by Crippen LogP contribution is -2.07. The minimum atomic E-state index is -4.48. The van der Waals surface area contributed by atoms with Crippen LogP contribution in [0.4, 0.5) is 18.0 Å². The number of fused-ring (bicyclic) bond motifs is 1. The van der Waals surface area contributed by atoms with Crippen LogP contribution >= 0.6 is 11.8 Å². The fourth-order valence-electron chi connectivity index (χ4n) is 2.26. The fourth-order valence-corrected chi connectivity index (χ4v) is 3.21. The number of thioether (sulfide) groups is 1. The highest BCUT2D eigenvalue weighted by molar-refractivity contribution is 7.99. The number of H-pyrrole nitrogens is 1. The molecule has 0 spiro atoms. The molecule has 0 aliphatic carbocycles. The Labute approximate surface area is 149 Å². The summed E-state index contributed by atoms with van der Waals surface area (Å²) in [5, 5.41) is 12.5. The van der Waals surface area contributed by atoms with Crippen molar-refractivity contribution in [2.24, 2.45) is 0 Å². The van der Waals surface area contributed by atoms with Crippen molar-refractivity contribution in [1.29, 1.82) is 0 Å². The van der Waals surface area contributed by atoms with Gasteiger partial charge in [0.2, 0.25) is 5.95 Å². The molecule has 0 saturated heterocycles. The Morgan fingerprint density at radius 1 is 1.42 bits per heavy atom. The molecule has 0 saturated carbocycles. The van der Waals surface area contributed by atoms with E-state index in [9.17, 15) is 18.0 Å². The Morgan fingerprint density at radius 2 is 2.19 bits per heavy atom. The van der Waals surface area contributed by atoms with Crippen LogP contribution in [0.2, 0.25) is 0 Å². The summed E-state index contributed by atoms with van der Waals surface area (Å²) in [7, 11) is 0. The number of hydrogen-bond donors (Lipinski definition) is 2. The maximum Gasteiger partial charge on any atom is 0.511 e. The van der Waals surface area contributed by atoms with E-state index in [4.69, 9.17) is 5.11 Å². The zero-order valence-electron chi connectivity index (χ0n) is 13.4. The van der Waals surface area contributed by atoms with E-state index < -0.39 is 17.9 Å². The summed E-state index contributed by atoms with van der Waals surface area (Å²) in [6.07, 6.45) is -2.83. The van der Waals surface area contributed by atoms with Gasteiger partial charge in [-0.1, -0.05) is 6.92 Å². The molecular weight excluding hydrogens is 373 g/mol. The van der Waals surface area contributed by atoms with Gasteiger partial charge >= 0.3 is 12.3 Å². The maximum atomic E-state index is 13.3. The van der Waals surface area contributed by atoms with Gasteiger partial charge in [0.25, 0.3) is 0 Å². The highest BCUT2D eigenvalue weighted by atomic mass is 32.2. The van der Waals surface area contributed by atoms with Gasteiger partial charge in [-0.15, -0.1) is 11.8 Å². The quantitative estimate of drug-likeness (QED) is 0.501. The normalized spacial score (nSPS) is 11.8. The van der Waals surface area contributed by atoms with Crippen molar-refractivity contribution in [1.82, 2.24) is 19.7 Å². The van der Waals surface area contributed by atoms with Crippen LogP contribution < -0.4 is 4.74 Å². The zero-order valence-corrected chi connectivity index (χ0v) is 14.2. The minimum Gasteiger partial charge on any atom is -0.449 e. The highest BCUT2D eigenvalue weighted by Gasteiger charge is 2.34. The van der Waals surface area contributed by atoms with Crippen molar-refractivity contribution in [3.63, 3.8) is 0 Å². The van der Waals surface area contributed by atoms with Crippen molar-refractivity contribution in [3.8, 4) is 11.7 Å². The molecule has 3 aromatic rings. The Hall–Kier alpha value is -2.69. The first-order valence-corrected chi connectivity index (χ1v) is 8.46. The molecule has 0 bridgehead atoms. The van der Waals surface area contributed by atoms with Crippen LogP contribution in [0.1, 0.15) is 18.9 Å². The second kappa shape index (κ2) is 6.90. The number of nitrogens with one attached hydrogen (secondary N) is 1. The minimum absolute atomic E-state index is 0.0341. The predicted molar refractivity (Wildman–Crippen MR) is 87.9 cm³/mol. The molecule has 0 atom stereocenters. The van der Waals surface area contributed by atoms with E-state index in [1.807, 2.05) is 6.92 Å². The zero-order chi connectivity index (χ0) is 18.9. The molecule has 11 heteroatoms. The second-order valence-electron chi connectivity index (χ2n) is 5.26. The molecule has 2 N–H and O–H groups in total. The van der Waals surface area contributed by atoms with Crippen LogP contribution in [0.5, 0.6) is 5.75 Å². The van der Waals surface area contributed by atoms with E-state index in [0.29, 0.717) is 11.3 Å². The molecule has 0 amide bonds. The van der Waals surface area contributed by atoms with Crippen LogP contribution in [-0.2, 0) is 6.18 Å². The van der Waals surface area contributed by atoms with E-state index >= 15 is 0 Å². The second-order valence-corrected chi connectivity index (χ2v) is 6.40. The molecule has 0 radical (unpaired) electrons. The molecule has 2 aromatic heterocycles. The number of aromatic amines is 1. The van der Waals surface area contributed by atoms with Gasteiger partial charge in [0, 0.05) is 4.90 Å². The molecule has 1 aromatic carbocycles. The predicted octanol–water partition coefficient (Wildman–Crippen LogP) is 4.33. The highest BCUT2D eigenvalue weighted by Crippen LogP contribution is 2.39. The summed E-state index contributed by atoms with van der Waals surface area (Å²) in [5.74, 6) is 0.667. The monoisotopic (exact) mass is 386 g/mol. The van der Waals surface area contributed by atoms with Gasteiger partial charge < -0.3 is 14.8 Å². The van der Waals surface area contributed by atoms with Gasteiger partial charge in [0.05, 0.1) is 29.0 Å². The number of hydrogen-bond acceptors (Lipinski definition) is 5. The molecule has 7 nitrogen and oxygen atoms in total. The summed E-state index contributed by atoms with van der Waals surface area (Å²) < 4.78 is 45.6. The van der Waals surface area contributed by atoms with E-state index in [0.717, 1.165) is 30.4 Å². The summed E-state index contributed by atoms with van der Waals surface area (Å²) in [6.45, 7) is 1.89. The first-order valence-electron chi connectivity index (χ1n) is 7.47. The van der Waals surface area contributed by atoms with Gasteiger partial charge in [0.1, 0.15) is 0 Å². The lowest BCUT2D eigenvalue weighted by Gasteiger charge is -2.12. The van der Waals surface area contributed by atoms with Gasteiger partial charge in [0.15, 0.2) is 5.75 Å². The van der Waals surface area contributed by atoms with Crippen LogP contribution in [0.15, 0.2) is 29.4 Å². The maximum absolute atomic E-state index is 13.3. The van der Waals surface area contributed by atoms with Crippen molar-refractivity contribution in [2.75, 3.05) is 5.75 Å². The van der Waals surface area contributed by atoms with Crippen molar-refractivity contribution < 1.29 is 27.8 Å². The molecule has 0 aliphatic rings. The number of ether oxygens (including phenoxy) is 1. The van der Waals surface area contributed by atoms with E-state index in [2.05, 4.69) is 19.8 Å². The Balaban J connectivity index is 2.02. The number of halogens is 3. The Bertz CT molecular complexity index is 951. The number of benzene rings is 1. The summed E-state index contributed by atoms with van der Waals surface area (Å²) in [4.78, 5) is 17.6. The third-order valence-corrected chi connectivity index (χ3v) is 4.58. The number of carboxylic acid groups (broad SMARTS) is 1. The molecule has 138 valence electrons. The number of alkyl halides is 3. The molecule has 3 rings (SSSR count). The lowest BCUT2D eigenvalue weighted by atomic mass is 10.2. The van der Waals surface area contributed by atoms with Crippen LogP contribution in [0.3, 0.4) is 0 Å². The van der Waals surface area contributed by atoms with Crippen molar-refractivity contribution in [2.45, 2.75) is 24.4 Å². The summed E-state index contributed by atoms with van der Waals surface area (Å²) in [5.41, 5.74) is -0.179. The number of imidazole rings is 1. The Kier molecular flexibility index (Phi) is 4.81. The average Bonchev–Trinajstić information content (AvgIpc) is 3.16. The summed E-state index contributed by atoms with van der Waals surface area (Å²) in [6, 6.07) is 2.40. The van der Waals surface area contributed by atoms with E-state index in [1.165, 1.54) is 16.9 Å². The Morgan fingerprint density at radius 3 is 2.85 bits per heavy atom. The molecular formula is C15H13F3N4O3S. The molecule has 0 unspecified atom stereocenters. The standard InChI is InChI=1S/C15H13F3N4O3S/c1-2-3-26-12-5-11-10(4-9(12)15(16,17)18)20-13(21-11)22-7-8(6-19-22)25-14(23)24/h4-7H,2-3H2,1H3,(H,20,21)(H,23,24). The average molecular weight is 386 g/mol. The van der Waals surface area contributed by atoms with Crippen molar-refractivity contribution >= 4 is 29.0 Å². The van der Waals surface area contributed by atoms with Gasteiger partial charge in [-0.2, -0.15) is 18.3 Å². The fraction of sp³-hybridized carbons (Fsp3) is 0.267. The SMILES string of the molecule is CCCSc1cc2nc(-n3cc(OC(=O)O)cn3)[nH]c2cc1C(F)(F)F. The topological polar surface area (TPSA) is 93.0 Å². The van der Waals surface area contributed by atoms with Crippen molar-refractivity contribution in [3.05, 3.63) is 30.1 Å². The van der Waals surface area contributed by atoms with E-state index in [-0.39, 0.29) is 22.1 Å². The molecule has 2 heterocycles. The molecule has 26 heavy (non-hydrogen) atoms. The van der Waals surface area contributed by atoms with Gasteiger partial charge in [-0.05, 0) is 24.3 Å². The largest absolute Gasteiger partial charge is 0.511 e. The molecule has 0 fully saturated rings. The number of carbonyl (C=O) groups is 1. The third-order valence-electron chi connectivity index (χ3n) is 3.32.